The molecule has 11 heavy (non-hydrogen) atoms. The normalized spacial score (nSPS) is 10.1. The van der Waals surface area contributed by atoms with Crippen LogP contribution in [0.3, 0.4) is 0 Å². The van der Waals surface area contributed by atoms with Crippen LogP contribution >= 0.6 is 0 Å². The van der Waals surface area contributed by atoms with Gasteiger partial charge in [-0.25, -0.2) is 0 Å². The summed E-state index contributed by atoms with van der Waals surface area (Å²) in [5, 5.41) is 8.85. The zero-order chi connectivity index (χ0) is 8.27. The van der Waals surface area contributed by atoms with Crippen LogP contribution in [-0.4, -0.2) is 10.1 Å². The molecule has 0 aliphatic heterocycles. The van der Waals surface area contributed by atoms with E-state index in [-0.39, 0.29) is 6.61 Å². The number of aliphatic hydroxyl groups excluding tert-OH is 1. The van der Waals surface area contributed by atoms with Crippen LogP contribution in [0, 0.1) is 6.92 Å². The molecule has 0 atom stereocenters. The summed E-state index contributed by atoms with van der Waals surface area (Å²) in [6.45, 7) is 4.11. The molecule has 0 saturated heterocycles. The van der Waals surface area contributed by atoms with Crippen molar-refractivity contribution in [2.75, 3.05) is 0 Å². The summed E-state index contributed by atoms with van der Waals surface area (Å²) in [6, 6.07) is 3.84. The zero-order valence-corrected chi connectivity index (χ0v) is 6.96. The van der Waals surface area contributed by atoms with Crippen molar-refractivity contribution >= 4 is 0 Å². The average Bonchev–Trinajstić information content (AvgIpc) is 2.03. The highest BCUT2D eigenvalue weighted by molar-refractivity contribution is 5.20. The molecular formula is C9H13NO. The molecule has 0 bridgehead atoms. The maximum Gasteiger partial charge on any atom is 0.0683 e. The first kappa shape index (κ1) is 8.21. The Balaban J connectivity index is 3.02. The number of nitrogens with zero attached hydrogens (tertiary/aromatic N) is 1. The monoisotopic (exact) mass is 151 g/mol. The van der Waals surface area contributed by atoms with E-state index in [1.807, 2.05) is 19.1 Å². The Morgan fingerprint density at radius 2 is 2.18 bits per heavy atom. The molecule has 0 unspecified atom stereocenters. The highest BCUT2D eigenvalue weighted by atomic mass is 16.3. The Bertz CT molecular complexity index is 223. The topological polar surface area (TPSA) is 33.1 Å². The number of hydrogen-bond acceptors (Lipinski definition) is 2. The summed E-state index contributed by atoms with van der Waals surface area (Å²) in [6.07, 6.45) is 0.925. The first-order chi connectivity index (χ1) is 5.26. The smallest absolute Gasteiger partial charge is 0.0683 e. The van der Waals surface area contributed by atoms with Crippen LogP contribution in [-0.2, 0) is 13.0 Å². The average molecular weight is 151 g/mol. The lowest BCUT2D eigenvalue weighted by Gasteiger charge is -2.01. The second kappa shape index (κ2) is 3.49. The maximum atomic E-state index is 8.85. The van der Waals surface area contributed by atoms with Crippen molar-refractivity contribution in [3.05, 3.63) is 29.1 Å². The minimum Gasteiger partial charge on any atom is -0.392 e. The van der Waals surface area contributed by atoms with Crippen molar-refractivity contribution in [3.8, 4) is 0 Å². The predicted molar refractivity (Wildman–Crippen MR) is 44.3 cm³/mol. The van der Waals surface area contributed by atoms with Gasteiger partial charge in [0.2, 0.25) is 0 Å². The van der Waals surface area contributed by atoms with Gasteiger partial charge < -0.3 is 5.11 Å². The van der Waals surface area contributed by atoms with Gasteiger partial charge in [0.15, 0.2) is 0 Å². The molecule has 1 rings (SSSR count). The van der Waals surface area contributed by atoms with E-state index in [1.54, 1.807) is 0 Å². The first-order valence-corrected chi connectivity index (χ1v) is 3.83. The van der Waals surface area contributed by atoms with E-state index in [2.05, 4.69) is 11.9 Å². The zero-order valence-electron chi connectivity index (χ0n) is 6.96. The van der Waals surface area contributed by atoms with Gasteiger partial charge in [0.05, 0.1) is 6.61 Å². The van der Waals surface area contributed by atoms with E-state index in [1.165, 1.54) is 0 Å². The van der Waals surface area contributed by atoms with E-state index in [0.29, 0.717) is 0 Å². The molecule has 0 aliphatic rings. The first-order valence-electron chi connectivity index (χ1n) is 3.83. The summed E-state index contributed by atoms with van der Waals surface area (Å²) < 4.78 is 0. The molecular weight excluding hydrogens is 138 g/mol. The van der Waals surface area contributed by atoms with Gasteiger partial charge in [-0.1, -0.05) is 6.92 Å². The second-order valence-corrected chi connectivity index (χ2v) is 2.62. The lowest BCUT2D eigenvalue weighted by Crippen LogP contribution is -1.93. The van der Waals surface area contributed by atoms with Gasteiger partial charge in [0, 0.05) is 11.4 Å². The Morgan fingerprint density at radius 1 is 1.45 bits per heavy atom. The Morgan fingerprint density at radius 3 is 2.73 bits per heavy atom. The van der Waals surface area contributed by atoms with Crippen molar-refractivity contribution in [1.29, 1.82) is 0 Å². The molecule has 0 aromatic carbocycles. The molecule has 0 saturated carbocycles. The minimum atomic E-state index is 0.107. The summed E-state index contributed by atoms with van der Waals surface area (Å²) in [5.74, 6) is 0. The van der Waals surface area contributed by atoms with Crippen LogP contribution in [0.2, 0.25) is 0 Å². The molecule has 2 nitrogen and oxygen atoms in total. The molecule has 2 heteroatoms. The lowest BCUT2D eigenvalue weighted by atomic mass is 10.2. The molecule has 60 valence electrons. The van der Waals surface area contributed by atoms with Crippen LogP contribution in [0.5, 0.6) is 0 Å². The third-order valence-electron chi connectivity index (χ3n) is 1.61. The molecule has 1 heterocycles. The van der Waals surface area contributed by atoms with Gasteiger partial charge in [0.25, 0.3) is 0 Å². The molecule has 1 aromatic heterocycles. The number of rotatable bonds is 2. The van der Waals surface area contributed by atoms with Crippen molar-refractivity contribution in [3.63, 3.8) is 0 Å². The van der Waals surface area contributed by atoms with Crippen molar-refractivity contribution in [1.82, 2.24) is 4.98 Å². The number of aryl methyl sites for hydroxylation is 2. The van der Waals surface area contributed by atoms with E-state index in [0.717, 1.165) is 23.4 Å². The maximum absolute atomic E-state index is 8.85. The van der Waals surface area contributed by atoms with Crippen molar-refractivity contribution in [2.24, 2.45) is 0 Å². The quantitative estimate of drug-likeness (QED) is 0.693. The fraction of sp³-hybridized carbons (Fsp3) is 0.444. The van der Waals surface area contributed by atoms with Crippen molar-refractivity contribution < 1.29 is 5.11 Å². The van der Waals surface area contributed by atoms with Gasteiger partial charge >= 0.3 is 0 Å². The molecule has 0 fully saturated rings. The van der Waals surface area contributed by atoms with E-state index in [4.69, 9.17) is 5.11 Å². The van der Waals surface area contributed by atoms with Crippen LogP contribution in [0.4, 0.5) is 0 Å². The highest BCUT2D eigenvalue weighted by Crippen LogP contribution is 2.05. The predicted octanol–water partition coefficient (Wildman–Crippen LogP) is 1.44. The SMILES string of the molecule is CCc1cc(CO)cc(C)n1. The lowest BCUT2D eigenvalue weighted by molar-refractivity contribution is 0.281. The van der Waals surface area contributed by atoms with Crippen molar-refractivity contribution in [2.45, 2.75) is 26.9 Å². The number of hydrogen-bond donors (Lipinski definition) is 1. The molecule has 0 aliphatic carbocycles. The van der Waals surface area contributed by atoms with Gasteiger partial charge in [-0.05, 0) is 31.0 Å². The Kier molecular flexibility index (Phi) is 2.60. The minimum absolute atomic E-state index is 0.107. The molecule has 0 amide bonds. The number of aliphatic hydroxyl groups is 1. The molecule has 1 aromatic rings. The summed E-state index contributed by atoms with van der Waals surface area (Å²) in [4.78, 5) is 4.29. The third-order valence-corrected chi connectivity index (χ3v) is 1.61. The number of pyridine rings is 1. The van der Waals surface area contributed by atoms with Crippen LogP contribution < -0.4 is 0 Å². The van der Waals surface area contributed by atoms with Gasteiger partial charge in [-0.15, -0.1) is 0 Å². The van der Waals surface area contributed by atoms with E-state index in [9.17, 15) is 0 Å². The van der Waals surface area contributed by atoms with Gasteiger partial charge in [-0.2, -0.15) is 0 Å². The summed E-state index contributed by atoms with van der Waals surface area (Å²) in [7, 11) is 0. The second-order valence-electron chi connectivity index (χ2n) is 2.62. The van der Waals surface area contributed by atoms with Gasteiger partial charge in [-0.3, -0.25) is 4.98 Å². The molecule has 0 radical (unpaired) electrons. The molecule has 0 spiro atoms. The third kappa shape index (κ3) is 2.02. The van der Waals surface area contributed by atoms with Gasteiger partial charge in [0.1, 0.15) is 0 Å². The molecule has 1 N–H and O–H groups in total. The summed E-state index contributed by atoms with van der Waals surface area (Å²) in [5.41, 5.74) is 2.98. The summed E-state index contributed by atoms with van der Waals surface area (Å²) >= 11 is 0. The highest BCUT2D eigenvalue weighted by Gasteiger charge is 1.96. The Hall–Kier alpha value is -0.890. The van der Waals surface area contributed by atoms with Crippen LogP contribution in [0.15, 0.2) is 12.1 Å². The van der Waals surface area contributed by atoms with E-state index >= 15 is 0 Å². The standard InChI is InChI=1S/C9H13NO/c1-3-9-5-8(6-11)4-7(2)10-9/h4-5,11H,3,6H2,1-2H3. The van der Waals surface area contributed by atoms with Crippen LogP contribution in [0.25, 0.3) is 0 Å². The Labute approximate surface area is 66.9 Å². The number of aromatic nitrogens is 1. The fourth-order valence-electron chi connectivity index (χ4n) is 1.09. The fourth-order valence-corrected chi connectivity index (χ4v) is 1.09. The largest absolute Gasteiger partial charge is 0.392 e. The van der Waals surface area contributed by atoms with E-state index < -0.39 is 0 Å². The van der Waals surface area contributed by atoms with Crippen LogP contribution in [0.1, 0.15) is 23.9 Å².